The zero-order valence-electron chi connectivity index (χ0n) is 30.1. The van der Waals surface area contributed by atoms with Crippen LogP contribution in [-0.2, 0) is 32.0 Å². The molecule has 2 rings (SSSR count). The molecule has 0 fully saturated rings. The van der Waals surface area contributed by atoms with E-state index in [2.05, 4.69) is 0 Å². The van der Waals surface area contributed by atoms with Crippen LogP contribution >= 0.6 is 0 Å². The van der Waals surface area contributed by atoms with Crippen LogP contribution in [0.15, 0.2) is 54.6 Å². The average molecular weight is 660 g/mol. The molecule has 9 heteroatoms. The van der Waals surface area contributed by atoms with Gasteiger partial charge in [0.05, 0.1) is 23.7 Å². The van der Waals surface area contributed by atoms with Gasteiger partial charge in [-0.2, -0.15) is 0 Å². The molecular formula is C38H61NO8. The monoisotopic (exact) mass is 659 g/mol. The summed E-state index contributed by atoms with van der Waals surface area (Å²) in [7, 11) is 0. The lowest BCUT2D eigenvalue weighted by atomic mass is 9.89. The molecule has 4 atom stereocenters. The van der Waals surface area contributed by atoms with Crippen molar-refractivity contribution in [2.75, 3.05) is 5.73 Å². The predicted molar refractivity (Wildman–Crippen MR) is 189 cm³/mol. The molecule has 0 aliphatic heterocycles. The molecule has 2 aromatic carbocycles. The molecule has 266 valence electrons. The van der Waals surface area contributed by atoms with Crippen LogP contribution in [0, 0.1) is 47.3 Å². The number of rotatable bonds is 14. The number of aliphatic carboxylic acids is 4. The molecule has 0 saturated carbocycles. The maximum atomic E-state index is 11.0. The fraction of sp³-hybridized carbons (Fsp3) is 0.579. The third-order valence-electron chi connectivity index (χ3n) is 8.09. The SMILES string of the molecule is CC(C)[C@@H](C)C(=O)O.CC(C)[C@@H](Cc1ccc(N)cc1)C(=O)O.CC(C)[C@@H](Cc1ccccc1)C(=O)O.CCC[C@@H](C(=O)O)C(C)C. The number of carbonyl (C=O) groups is 4. The highest BCUT2D eigenvalue weighted by Gasteiger charge is 2.22. The van der Waals surface area contributed by atoms with Gasteiger partial charge < -0.3 is 26.2 Å². The van der Waals surface area contributed by atoms with Crippen molar-refractivity contribution in [1.82, 2.24) is 0 Å². The Hall–Kier alpha value is -3.88. The summed E-state index contributed by atoms with van der Waals surface area (Å²) in [5, 5.41) is 35.1. The zero-order chi connectivity index (χ0) is 36.9. The van der Waals surface area contributed by atoms with Crippen molar-refractivity contribution in [3.8, 4) is 0 Å². The van der Waals surface area contributed by atoms with Gasteiger partial charge in [-0.15, -0.1) is 0 Å². The third-order valence-corrected chi connectivity index (χ3v) is 8.09. The molecule has 0 radical (unpaired) electrons. The maximum Gasteiger partial charge on any atom is 0.307 e. The second-order valence-electron chi connectivity index (χ2n) is 13.4. The number of anilines is 1. The molecule has 0 bridgehead atoms. The Labute approximate surface area is 282 Å². The lowest BCUT2D eigenvalue weighted by molar-refractivity contribution is -0.144. The van der Waals surface area contributed by atoms with Crippen molar-refractivity contribution in [3.05, 3.63) is 65.7 Å². The molecule has 2 aromatic rings. The van der Waals surface area contributed by atoms with Crippen LogP contribution in [0.3, 0.4) is 0 Å². The highest BCUT2D eigenvalue weighted by molar-refractivity contribution is 5.71. The number of nitrogens with two attached hydrogens (primary N) is 1. The van der Waals surface area contributed by atoms with E-state index in [-0.39, 0.29) is 47.3 Å². The molecule has 0 aliphatic carbocycles. The molecule has 0 heterocycles. The predicted octanol–water partition coefficient (Wildman–Crippen LogP) is 8.26. The van der Waals surface area contributed by atoms with Gasteiger partial charge >= 0.3 is 23.9 Å². The highest BCUT2D eigenvalue weighted by Crippen LogP contribution is 2.19. The summed E-state index contributed by atoms with van der Waals surface area (Å²) in [5.41, 5.74) is 8.37. The van der Waals surface area contributed by atoms with Gasteiger partial charge in [-0.3, -0.25) is 19.2 Å². The van der Waals surface area contributed by atoms with Gasteiger partial charge in [0.2, 0.25) is 0 Å². The van der Waals surface area contributed by atoms with Crippen LogP contribution in [0.2, 0.25) is 0 Å². The summed E-state index contributed by atoms with van der Waals surface area (Å²) in [5.74, 6) is -2.95. The second-order valence-corrected chi connectivity index (χ2v) is 13.4. The Morgan fingerprint density at radius 2 is 0.894 bits per heavy atom. The maximum absolute atomic E-state index is 11.0. The van der Waals surface area contributed by atoms with Gasteiger partial charge in [0.1, 0.15) is 0 Å². The summed E-state index contributed by atoms with van der Waals surface area (Å²) in [6.07, 6.45) is 2.93. The molecule has 0 spiro atoms. The Bertz CT molecular complexity index is 1160. The van der Waals surface area contributed by atoms with E-state index in [9.17, 15) is 19.2 Å². The first-order valence-electron chi connectivity index (χ1n) is 16.6. The van der Waals surface area contributed by atoms with Crippen molar-refractivity contribution in [1.29, 1.82) is 0 Å². The molecular weight excluding hydrogens is 598 g/mol. The summed E-state index contributed by atoms with van der Waals surface area (Å²) in [4.78, 5) is 42.6. The summed E-state index contributed by atoms with van der Waals surface area (Å²) < 4.78 is 0. The molecule has 0 amide bonds. The molecule has 47 heavy (non-hydrogen) atoms. The van der Waals surface area contributed by atoms with Crippen molar-refractivity contribution < 1.29 is 39.6 Å². The minimum Gasteiger partial charge on any atom is -0.481 e. The Balaban J connectivity index is 0. The minimum absolute atomic E-state index is 0.139. The normalized spacial score (nSPS) is 13.1. The molecule has 0 aromatic heterocycles. The Kier molecular flexibility index (Phi) is 23.4. The second kappa shape index (κ2) is 24.3. The van der Waals surface area contributed by atoms with Crippen molar-refractivity contribution in [2.24, 2.45) is 47.3 Å². The van der Waals surface area contributed by atoms with Gasteiger partial charge in [0, 0.05) is 5.69 Å². The topological polar surface area (TPSA) is 175 Å². The van der Waals surface area contributed by atoms with Crippen LogP contribution < -0.4 is 5.73 Å². The Morgan fingerprint density at radius 3 is 1.13 bits per heavy atom. The number of carboxylic acid groups (broad SMARTS) is 4. The highest BCUT2D eigenvalue weighted by atomic mass is 16.4. The fourth-order valence-electron chi connectivity index (χ4n) is 4.33. The first kappa shape index (κ1) is 45.2. The third kappa shape index (κ3) is 20.8. The van der Waals surface area contributed by atoms with Crippen LogP contribution in [0.5, 0.6) is 0 Å². The molecule has 6 N–H and O–H groups in total. The van der Waals surface area contributed by atoms with E-state index in [1.165, 1.54) is 0 Å². The number of nitrogen functional groups attached to an aromatic ring is 1. The minimum atomic E-state index is -0.734. The zero-order valence-corrected chi connectivity index (χ0v) is 30.1. The smallest absolute Gasteiger partial charge is 0.307 e. The average Bonchev–Trinajstić information content (AvgIpc) is 2.98. The van der Waals surface area contributed by atoms with Crippen molar-refractivity contribution in [2.45, 2.75) is 94.9 Å². The van der Waals surface area contributed by atoms with Crippen LogP contribution in [0.1, 0.15) is 93.2 Å². The van der Waals surface area contributed by atoms with E-state index in [0.717, 1.165) is 24.0 Å². The molecule has 0 unspecified atom stereocenters. The van der Waals surface area contributed by atoms with E-state index in [0.29, 0.717) is 18.5 Å². The van der Waals surface area contributed by atoms with E-state index in [1.807, 2.05) is 105 Å². The van der Waals surface area contributed by atoms with Crippen LogP contribution in [0.4, 0.5) is 5.69 Å². The van der Waals surface area contributed by atoms with Gasteiger partial charge in [0.25, 0.3) is 0 Å². The van der Waals surface area contributed by atoms with Crippen LogP contribution in [0.25, 0.3) is 0 Å². The number of benzene rings is 2. The first-order valence-corrected chi connectivity index (χ1v) is 16.6. The van der Waals surface area contributed by atoms with Gasteiger partial charge in [-0.25, -0.2) is 0 Å². The van der Waals surface area contributed by atoms with Gasteiger partial charge in [-0.1, -0.05) is 118 Å². The Morgan fingerprint density at radius 1 is 0.532 bits per heavy atom. The van der Waals surface area contributed by atoms with Gasteiger partial charge in [0.15, 0.2) is 0 Å². The fourth-order valence-corrected chi connectivity index (χ4v) is 4.33. The molecule has 0 saturated heterocycles. The number of hydrogen-bond acceptors (Lipinski definition) is 5. The summed E-state index contributed by atoms with van der Waals surface area (Å²) >= 11 is 0. The van der Waals surface area contributed by atoms with E-state index >= 15 is 0 Å². The van der Waals surface area contributed by atoms with E-state index < -0.39 is 23.9 Å². The van der Waals surface area contributed by atoms with Gasteiger partial charge in [-0.05, 0) is 66.2 Å². The lowest BCUT2D eigenvalue weighted by Crippen LogP contribution is -2.22. The summed E-state index contributed by atoms with van der Waals surface area (Å²) in [6.45, 7) is 19.2. The van der Waals surface area contributed by atoms with Crippen molar-refractivity contribution >= 4 is 29.6 Å². The first-order chi connectivity index (χ1) is 21.8. The quantitative estimate of drug-likeness (QED) is 0.125. The van der Waals surface area contributed by atoms with E-state index in [1.54, 1.807) is 19.1 Å². The van der Waals surface area contributed by atoms with Crippen molar-refractivity contribution in [3.63, 3.8) is 0 Å². The van der Waals surface area contributed by atoms with Crippen LogP contribution in [-0.4, -0.2) is 44.3 Å². The summed E-state index contributed by atoms with van der Waals surface area (Å²) in [6, 6.07) is 17.1. The standard InChI is InChI=1S/C12H17NO2.C12H16O2.C8H16O2.C6H12O2/c1-8(2)11(12(14)15)7-9-3-5-10(13)6-4-9;1-9(2)11(12(13)14)8-10-6-4-3-5-7-10;1-4-5-7(6(2)3)8(9)10;1-4(2)5(3)6(7)8/h3-6,8,11H,7,13H2,1-2H3,(H,14,15);3-7,9,11H,8H2,1-2H3,(H,13,14);6-7H,4-5H2,1-3H3,(H,9,10);4-5H,1-3H3,(H,7,8)/t2*11-;7-;5-/m1111/s1. The number of hydrogen-bond donors (Lipinski definition) is 5. The van der Waals surface area contributed by atoms with E-state index in [4.69, 9.17) is 26.2 Å². The lowest BCUT2D eigenvalue weighted by Gasteiger charge is -2.15. The molecule has 0 aliphatic rings. The number of carboxylic acids is 4. The largest absolute Gasteiger partial charge is 0.481 e. The molecule has 9 nitrogen and oxygen atoms in total.